The third-order valence-electron chi connectivity index (χ3n) is 3.90. The Morgan fingerprint density at radius 2 is 1.76 bits per heavy atom. The number of nitrogens with one attached hydrogen (secondary N) is 1. The second kappa shape index (κ2) is 6.97. The van der Waals surface area contributed by atoms with Gasteiger partial charge in [-0.05, 0) is 46.3 Å². The van der Waals surface area contributed by atoms with E-state index in [0.717, 1.165) is 19.6 Å². The fraction of sp³-hybridized carbons (Fsp3) is 0.923. The summed E-state index contributed by atoms with van der Waals surface area (Å²) in [6.45, 7) is 4.89. The molecule has 4 heteroatoms. The van der Waals surface area contributed by atoms with Crippen LogP contribution in [-0.2, 0) is 4.79 Å². The van der Waals surface area contributed by atoms with Crippen molar-refractivity contribution in [2.24, 2.45) is 0 Å². The van der Waals surface area contributed by atoms with Gasteiger partial charge in [-0.25, -0.2) is 0 Å². The van der Waals surface area contributed by atoms with Crippen LogP contribution in [0.4, 0.5) is 0 Å². The first-order chi connectivity index (χ1) is 8.08. The third kappa shape index (κ3) is 4.64. The van der Waals surface area contributed by atoms with E-state index in [0.29, 0.717) is 6.42 Å². The van der Waals surface area contributed by atoms with Crippen molar-refractivity contribution in [2.75, 3.05) is 26.7 Å². The van der Waals surface area contributed by atoms with Crippen LogP contribution in [0.2, 0.25) is 0 Å². The van der Waals surface area contributed by atoms with Crippen LogP contribution in [0.25, 0.3) is 0 Å². The van der Waals surface area contributed by atoms with E-state index in [1.54, 1.807) is 14.0 Å². The van der Waals surface area contributed by atoms with Gasteiger partial charge in [0.2, 0.25) is 0 Å². The van der Waals surface area contributed by atoms with Gasteiger partial charge in [-0.2, -0.15) is 0 Å². The lowest BCUT2D eigenvalue weighted by Gasteiger charge is -2.30. The van der Waals surface area contributed by atoms with Gasteiger partial charge in [-0.1, -0.05) is 19.3 Å². The highest BCUT2D eigenvalue weighted by Gasteiger charge is 2.31. The highest BCUT2D eigenvalue weighted by molar-refractivity contribution is 5.78. The van der Waals surface area contributed by atoms with Gasteiger partial charge < -0.3 is 15.3 Å². The molecule has 4 nitrogen and oxygen atoms in total. The molecule has 0 spiro atoms. The number of likely N-dealkylation sites (N-methyl/N-ethyl adjacent to an activating group) is 1. The predicted molar refractivity (Wildman–Crippen MR) is 69.2 cm³/mol. The number of carboxylic acid groups (broad SMARTS) is 1. The first kappa shape index (κ1) is 14.5. The van der Waals surface area contributed by atoms with Crippen molar-refractivity contribution >= 4 is 5.97 Å². The lowest BCUT2D eigenvalue weighted by Crippen LogP contribution is -2.49. The largest absolute Gasteiger partial charge is 0.480 e. The molecule has 1 rings (SSSR count). The van der Waals surface area contributed by atoms with Gasteiger partial charge in [0, 0.05) is 6.54 Å². The molecule has 1 atom stereocenters. The molecule has 2 N–H and O–H groups in total. The highest BCUT2D eigenvalue weighted by Crippen LogP contribution is 2.14. The van der Waals surface area contributed by atoms with E-state index in [4.69, 9.17) is 0 Å². The van der Waals surface area contributed by atoms with Gasteiger partial charge in [0.15, 0.2) is 0 Å². The molecule has 1 aliphatic rings. The first-order valence-corrected chi connectivity index (χ1v) is 6.73. The summed E-state index contributed by atoms with van der Waals surface area (Å²) >= 11 is 0. The average molecular weight is 242 g/mol. The Bertz CT molecular complexity index is 238. The Kier molecular flexibility index (Phi) is 5.92. The Hall–Kier alpha value is -0.610. The predicted octanol–water partition coefficient (Wildman–Crippen LogP) is 1.71. The van der Waals surface area contributed by atoms with Crippen LogP contribution in [0.15, 0.2) is 0 Å². The standard InChI is InChI=1S/C13H26N2O2/c1-13(14-2,12(16)17)8-11-15-9-6-4-3-5-7-10-15/h14H,3-11H2,1-2H3,(H,16,17). The van der Waals surface area contributed by atoms with Crippen LogP contribution in [0, 0.1) is 0 Å². The molecule has 1 unspecified atom stereocenters. The fourth-order valence-corrected chi connectivity index (χ4v) is 2.26. The smallest absolute Gasteiger partial charge is 0.323 e. The maximum Gasteiger partial charge on any atom is 0.323 e. The van der Waals surface area contributed by atoms with Crippen molar-refractivity contribution in [1.29, 1.82) is 0 Å². The molecule has 17 heavy (non-hydrogen) atoms. The van der Waals surface area contributed by atoms with Gasteiger partial charge in [0.25, 0.3) is 0 Å². The van der Waals surface area contributed by atoms with E-state index in [2.05, 4.69) is 10.2 Å². The number of nitrogens with zero attached hydrogens (tertiary/aromatic N) is 1. The molecule has 1 aliphatic heterocycles. The van der Waals surface area contributed by atoms with Crippen LogP contribution in [0.1, 0.15) is 45.4 Å². The number of rotatable bonds is 5. The van der Waals surface area contributed by atoms with Gasteiger partial charge in [0.05, 0.1) is 0 Å². The topological polar surface area (TPSA) is 52.6 Å². The minimum atomic E-state index is -0.789. The fourth-order valence-electron chi connectivity index (χ4n) is 2.26. The molecule has 1 saturated heterocycles. The number of carboxylic acids is 1. The number of hydrogen-bond acceptors (Lipinski definition) is 3. The molecular weight excluding hydrogens is 216 g/mol. The van der Waals surface area contributed by atoms with Gasteiger partial charge in [-0.3, -0.25) is 4.79 Å². The normalized spacial score (nSPS) is 22.5. The molecule has 0 radical (unpaired) electrons. The zero-order chi connectivity index (χ0) is 12.7. The molecule has 0 aromatic heterocycles. The molecule has 0 saturated carbocycles. The van der Waals surface area contributed by atoms with Gasteiger partial charge in [-0.15, -0.1) is 0 Å². The average Bonchev–Trinajstić information content (AvgIpc) is 2.27. The molecule has 100 valence electrons. The molecule has 1 fully saturated rings. The highest BCUT2D eigenvalue weighted by atomic mass is 16.4. The van der Waals surface area contributed by atoms with E-state index in [9.17, 15) is 9.90 Å². The van der Waals surface area contributed by atoms with Crippen molar-refractivity contribution in [3.8, 4) is 0 Å². The molecule has 1 heterocycles. The molecular formula is C13H26N2O2. The molecule has 0 aromatic carbocycles. The Morgan fingerprint density at radius 3 is 2.24 bits per heavy atom. The maximum absolute atomic E-state index is 11.2. The minimum absolute atomic E-state index is 0.666. The monoisotopic (exact) mass is 242 g/mol. The number of carbonyl (C=O) groups is 1. The van der Waals surface area contributed by atoms with E-state index in [1.165, 1.54) is 32.1 Å². The summed E-state index contributed by atoms with van der Waals surface area (Å²) in [5, 5.41) is 12.1. The molecule has 0 aliphatic carbocycles. The Morgan fingerprint density at radius 1 is 1.24 bits per heavy atom. The summed E-state index contributed by atoms with van der Waals surface area (Å²) in [6, 6.07) is 0. The van der Waals surface area contributed by atoms with Crippen molar-refractivity contribution < 1.29 is 9.90 Å². The van der Waals surface area contributed by atoms with E-state index in [1.807, 2.05) is 0 Å². The maximum atomic E-state index is 11.2. The van der Waals surface area contributed by atoms with E-state index in [-0.39, 0.29) is 0 Å². The summed E-state index contributed by atoms with van der Waals surface area (Å²) < 4.78 is 0. The number of hydrogen-bond donors (Lipinski definition) is 2. The summed E-state index contributed by atoms with van der Waals surface area (Å²) in [7, 11) is 1.72. The number of likely N-dealkylation sites (tertiary alicyclic amines) is 1. The summed E-state index contributed by atoms with van der Waals surface area (Å²) in [6.07, 6.45) is 7.17. The molecule has 0 amide bonds. The van der Waals surface area contributed by atoms with Crippen molar-refractivity contribution in [2.45, 2.75) is 51.0 Å². The van der Waals surface area contributed by atoms with Crippen molar-refractivity contribution in [3.63, 3.8) is 0 Å². The first-order valence-electron chi connectivity index (χ1n) is 6.73. The number of aliphatic carboxylic acids is 1. The zero-order valence-electron chi connectivity index (χ0n) is 11.2. The van der Waals surface area contributed by atoms with Crippen LogP contribution >= 0.6 is 0 Å². The van der Waals surface area contributed by atoms with Gasteiger partial charge >= 0.3 is 5.97 Å². The van der Waals surface area contributed by atoms with Crippen LogP contribution in [-0.4, -0.2) is 48.2 Å². The van der Waals surface area contributed by atoms with E-state index >= 15 is 0 Å². The van der Waals surface area contributed by atoms with Crippen LogP contribution < -0.4 is 5.32 Å². The summed E-state index contributed by atoms with van der Waals surface area (Å²) in [4.78, 5) is 13.6. The third-order valence-corrected chi connectivity index (χ3v) is 3.90. The lowest BCUT2D eigenvalue weighted by molar-refractivity contribution is -0.144. The molecule has 0 aromatic rings. The van der Waals surface area contributed by atoms with Crippen molar-refractivity contribution in [3.05, 3.63) is 0 Å². The van der Waals surface area contributed by atoms with Gasteiger partial charge in [0.1, 0.15) is 5.54 Å². The Labute approximate surface area is 104 Å². The van der Waals surface area contributed by atoms with Crippen molar-refractivity contribution in [1.82, 2.24) is 10.2 Å². The minimum Gasteiger partial charge on any atom is -0.480 e. The Balaban J connectivity index is 2.39. The zero-order valence-corrected chi connectivity index (χ0v) is 11.2. The quantitative estimate of drug-likeness (QED) is 0.770. The summed E-state index contributed by atoms with van der Waals surface area (Å²) in [5.74, 6) is -0.757. The van der Waals surface area contributed by atoms with Crippen LogP contribution in [0.3, 0.4) is 0 Å². The second-order valence-corrected chi connectivity index (χ2v) is 5.25. The van der Waals surface area contributed by atoms with E-state index < -0.39 is 11.5 Å². The van der Waals surface area contributed by atoms with Crippen LogP contribution in [0.5, 0.6) is 0 Å². The summed E-state index contributed by atoms with van der Waals surface area (Å²) in [5.41, 5.74) is -0.789. The lowest BCUT2D eigenvalue weighted by atomic mass is 9.97. The molecule has 0 bridgehead atoms. The second-order valence-electron chi connectivity index (χ2n) is 5.25. The SMILES string of the molecule is CNC(C)(CCN1CCCCCCC1)C(=O)O.